The van der Waals surface area contributed by atoms with Crippen LogP contribution in [0.15, 0.2) is 36.9 Å². The summed E-state index contributed by atoms with van der Waals surface area (Å²) in [5.74, 6) is 0. The summed E-state index contributed by atoms with van der Waals surface area (Å²) >= 11 is 0. The average Bonchev–Trinajstić information content (AvgIpc) is 2.31. The summed E-state index contributed by atoms with van der Waals surface area (Å²) in [6, 6.07) is 6.97. The molecule has 75 valence electrons. The molecule has 2 aromatic heterocycles. The molecule has 0 spiro atoms. The van der Waals surface area contributed by atoms with Crippen LogP contribution in [-0.2, 0) is 6.54 Å². The molecule has 2 heterocycles. The van der Waals surface area contributed by atoms with Gasteiger partial charge >= 0.3 is 0 Å². The molecule has 0 atom stereocenters. The van der Waals surface area contributed by atoms with Gasteiger partial charge in [0.05, 0.1) is 0 Å². The summed E-state index contributed by atoms with van der Waals surface area (Å²) in [6.07, 6.45) is 7.16. The van der Waals surface area contributed by atoms with Crippen LogP contribution in [0.4, 0.5) is 0 Å². The van der Waals surface area contributed by atoms with E-state index in [9.17, 15) is 0 Å². The second-order valence-corrected chi connectivity index (χ2v) is 3.29. The molecule has 1 radical (unpaired) electrons. The Balaban J connectivity index is 2.33. The van der Waals surface area contributed by atoms with Crippen LogP contribution in [0.2, 0.25) is 0 Å². The topological polar surface area (TPSA) is 37.8 Å². The highest BCUT2D eigenvalue weighted by atomic mass is 14.8. The lowest BCUT2D eigenvalue weighted by Gasteiger charge is -2.03. The zero-order chi connectivity index (χ0) is 10.5. The first-order valence-corrected chi connectivity index (χ1v) is 4.80. The van der Waals surface area contributed by atoms with E-state index in [0.29, 0.717) is 0 Å². The third-order valence-electron chi connectivity index (χ3n) is 2.11. The summed E-state index contributed by atoms with van der Waals surface area (Å²) in [4.78, 5) is 8.24. The van der Waals surface area contributed by atoms with Crippen LogP contribution >= 0.6 is 0 Å². The van der Waals surface area contributed by atoms with E-state index in [4.69, 9.17) is 0 Å². The summed E-state index contributed by atoms with van der Waals surface area (Å²) in [5.41, 5.74) is 3.29. The molecule has 2 aromatic rings. The highest BCUT2D eigenvalue weighted by Gasteiger charge is 1.99. The Bertz CT molecular complexity index is 426. The average molecular weight is 198 g/mol. The van der Waals surface area contributed by atoms with E-state index < -0.39 is 0 Å². The summed E-state index contributed by atoms with van der Waals surface area (Å²) in [7, 11) is 1.92. The fourth-order valence-electron chi connectivity index (χ4n) is 1.43. The van der Waals surface area contributed by atoms with E-state index in [1.54, 1.807) is 6.20 Å². The maximum Gasteiger partial charge on any atom is 0.0347 e. The number of rotatable bonds is 3. The van der Waals surface area contributed by atoms with Gasteiger partial charge in [0.2, 0.25) is 0 Å². The zero-order valence-electron chi connectivity index (χ0n) is 8.57. The fourth-order valence-corrected chi connectivity index (χ4v) is 1.43. The monoisotopic (exact) mass is 198 g/mol. The number of hydrogen-bond donors (Lipinski definition) is 1. The first kappa shape index (κ1) is 9.80. The van der Waals surface area contributed by atoms with E-state index >= 15 is 0 Å². The van der Waals surface area contributed by atoms with Crippen molar-refractivity contribution in [3.63, 3.8) is 0 Å². The van der Waals surface area contributed by atoms with E-state index in [1.807, 2.05) is 31.7 Å². The standard InChI is InChI=1S/C12H12N3/c1-13-6-10-5-12(9-15-7-10)11-3-2-4-14-8-11/h3-5,7-9,13H,6H2,1H3. The molecular weight excluding hydrogens is 186 g/mol. The van der Waals surface area contributed by atoms with Crippen LogP contribution in [0.3, 0.4) is 0 Å². The third kappa shape index (κ3) is 2.39. The Hall–Kier alpha value is -1.74. The van der Waals surface area contributed by atoms with Gasteiger partial charge in [-0.15, -0.1) is 0 Å². The van der Waals surface area contributed by atoms with Crippen molar-refractivity contribution in [2.45, 2.75) is 6.54 Å². The SMILES string of the molecule is CNCc1cncc(-c2c[c]cnc2)c1. The Morgan fingerprint density at radius 1 is 1.20 bits per heavy atom. The number of pyridine rings is 2. The highest BCUT2D eigenvalue weighted by Crippen LogP contribution is 2.17. The van der Waals surface area contributed by atoms with Gasteiger partial charge < -0.3 is 5.32 Å². The summed E-state index contributed by atoms with van der Waals surface area (Å²) < 4.78 is 0. The molecule has 2 rings (SSSR count). The van der Waals surface area contributed by atoms with Crippen LogP contribution < -0.4 is 5.32 Å². The molecule has 0 amide bonds. The minimum absolute atomic E-state index is 0.824. The van der Waals surface area contributed by atoms with E-state index in [-0.39, 0.29) is 0 Å². The molecule has 1 N–H and O–H groups in total. The summed E-state index contributed by atoms with van der Waals surface area (Å²) in [6.45, 7) is 0.824. The number of nitrogens with one attached hydrogen (secondary N) is 1. The van der Waals surface area contributed by atoms with E-state index in [2.05, 4.69) is 27.4 Å². The molecule has 0 saturated heterocycles. The van der Waals surface area contributed by atoms with Crippen LogP contribution in [-0.4, -0.2) is 17.0 Å². The van der Waals surface area contributed by atoms with Crippen molar-refractivity contribution >= 4 is 0 Å². The van der Waals surface area contributed by atoms with Crippen molar-refractivity contribution < 1.29 is 0 Å². The molecule has 3 heteroatoms. The molecule has 0 aliphatic rings. The van der Waals surface area contributed by atoms with Gasteiger partial charge in [0.25, 0.3) is 0 Å². The van der Waals surface area contributed by atoms with Gasteiger partial charge in [-0.3, -0.25) is 9.97 Å². The van der Waals surface area contributed by atoms with Gasteiger partial charge in [-0.2, -0.15) is 0 Å². The number of aromatic nitrogens is 2. The number of nitrogens with zero attached hydrogens (tertiary/aromatic N) is 2. The second kappa shape index (κ2) is 4.66. The molecule has 0 aliphatic heterocycles. The van der Waals surface area contributed by atoms with Crippen LogP contribution in [0, 0.1) is 6.07 Å². The number of hydrogen-bond acceptors (Lipinski definition) is 3. The molecule has 15 heavy (non-hydrogen) atoms. The lowest BCUT2D eigenvalue weighted by Crippen LogP contribution is -2.05. The molecular formula is C12H12N3. The molecule has 0 aliphatic carbocycles. The largest absolute Gasteiger partial charge is 0.316 e. The quantitative estimate of drug-likeness (QED) is 0.815. The fraction of sp³-hybridized carbons (Fsp3) is 0.167. The molecule has 3 nitrogen and oxygen atoms in total. The van der Waals surface area contributed by atoms with Crippen molar-refractivity contribution in [1.82, 2.24) is 15.3 Å². The lowest BCUT2D eigenvalue weighted by atomic mass is 10.1. The predicted molar refractivity (Wildman–Crippen MR) is 59.1 cm³/mol. The Kier molecular flexibility index (Phi) is 3.05. The smallest absolute Gasteiger partial charge is 0.0347 e. The third-order valence-corrected chi connectivity index (χ3v) is 2.11. The maximum absolute atomic E-state index is 4.20. The van der Waals surface area contributed by atoms with Crippen LogP contribution in [0.1, 0.15) is 5.56 Å². The Labute approximate surface area is 89.2 Å². The highest BCUT2D eigenvalue weighted by molar-refractivity contribution is 5.61. The van der Waals surface area contributed by atoms with Crippen molar-refractivity contribution in [2.75, 3.05) is 7.05 Å². The maximum atomic E-state index is 4.20. The lowest BCUT2D eigenvalue weighted by molar-refractivity contribution is 0.813. The Morgan fingerprint density at radius 3 is 2.80 bits per heavy atom. The predicted octanol–water partition coefficient (Wildman–Crippen LogP) is 1.66. The van der Waals surface area contributed by atoms with Gasteiger partial charge in [-0.05, 0) is 24.7 Å². The van der Waals surface area contributed by atoms with Crippen LogP contribution in [0.5, 0.6) is 0 Å². The van der Waals surface area contributed by atoms with E-state index in [1.165, 1.54) is 5.56 Å². The first-order valence-electron chi connectivity index (χ1n) is 4.80. The van der Waals surface area contributed by atoms with Crippen molar-refractivity contribution in [1.29, 1.82) is 0 Å². The molecule has 0 fully saturated rings. The summed E-state index contributed by atoms with van der Waals surface area (Å²) in [5, 5.41) is 3.10. The molecule has 0 saturated carbocycles. The normalized spacial score (nSPS) is 10.2. The van der Waals surface area contributed by atoms with Gasteiger partial charge in [-0.25, -0.2) is 0 Å². The van der Waals surface area contributed by atoms with Gasteiger partial charge in [0.1, 0.15) is 0 Å². The van der Waals surface area contributed by atoms with Crippen molar-refractivity contribution in [3.05, 3.63) is 48.5 Å². The molecule has 0 unspecified atom stereocenters. The van der Waals surface area contributed by atoms with Crippen LogP contribution in [0.25, 0.3) is 11.1 Å². The van der Waals surface area contributed by atoms with Gasteiger partial charge in [0, 0.05) is 48.5 Å². The van der Waals surface area contributed by atoms with Gasteiger partial charge in [-0.1, -0.05) is 0 Å². The second-order valence-electron chi connectivity index (χ2n) is 3.29. The van der Waals surface area contributed by atoms with Crippen molar-refractivity contribution in [3.8, 4) is 11.1 Å². The first-order chi connectivity index (χ1) is 7.40. The molecule has 0 aromatic carbocycles. The minimum atomic E-state index is 0.824. The molecule has 0 bridgehead atoms. The van der Waals surface area contributed by atoms with E-state index in [0.717, 1.165) is 17.7 Å². The zero-order valence-corrected chi connectivity index (χ0v) is 8.57. The van der Waals surface area contributed by atoms with Crippen molar-refractivity contribution in [2.24, 2.45) is 0 Å². The van der Waals surface area contributed by atoms with Gasteiger partial charge in [0.15, 0.2) is 0 Å². The Morgan fingerprint density at radius 2 is 2.07 bits per heavy atom. The minimum Gasteiger partial charge on any atom is -0.316 e.